The normalized spacial score (nSPS) is 64.0. The van der Waals surface area contributed by atoms with Crippen LogP contribution in [0.25, 0.3) is 0 Å². The Hall–Kier alpha value is -0.790. The minimum Gasteiger partial charge on any atom is -0.392 e. The van der Waals surface area contributed by atoms with Gasteiger partial charge in [-0.2, -0.15) is 0 Å². The highest BCUT2D eigenvalue weighted by Gasteiger charge is 2.92. The lowest BCUT2D eigenvalue weighted by Gasteiger charge is -2.79. The molecule has 26 heavy (non-hydrogen) atoms. The SMILES string of the molecule is C=C1C(=O)[C@@]23C4OC5O[C@@]2(O)[C@@H](O)[C@@H]2C(C)(C)CCC(O)C52[C@@H]3CC[C@@H]14. The molecule has 8 rings (SSSR count). The zero-order valence-corrected chi connectivity index (χ0v) is 15.1. The molecule has 142 valence electrons. The van der Waals surface area contributed by atoms with E-state index in [0.29, 0.717) is 18.4 Å². The molecule has 4 unspecified atom stereocenters. The minimum atomic E-state index is -1.97. The number of Topliss-reactive ketones (excluding diaryl/α,β-unsaturated/α-hetero) is 1. The zero-order valence-electron chi connectivity index (χ0n) is 15.1. The maximum Gasteiger partial charge on any atom is 0.211 e. The fourth-order valence-corrected chi connectivity index (χ4v) is 8.38. The van der Waals surface area contributed by atoms with Crippen molar-refractivity contribution < 1.29 is 29.6 Å². The first-order valence-corrected chi connectivity index (χ1v) is 9.80. The molecule has 10 atom stereocenters. The van der Waals surface area contributed by atoms with Gasteiger partial charge in [-0.15, -0.1) is 0 Å². The molecule has 4 saturated heterocycles. The molecule has 7 bridgehead atoms. The van der Waals surface area contributed by atoms with Crippen molar-refractivity contribution in [2.75, 3.05) is 0 Å². The first-order valence-electron chi connectivity index (χ1n) is 9.80. The molecule has 4 aliphatic carbocycles. The van der Waals surface area contributed by atoms with Crippen molar-refractivity contribution in [2.45, 2.75) is 69.9 Å². The van der Waals surface area contributed by atoms with Crippen molar-refractivity contribution >= 4 is 5.78 Å². The quantitative estimate of drug-likeness (QED) is 0.550. The van der Waals surface area contributed by atoms with Crippen molar-refractivity contribution in [1.29, 1.82) is 0 Å². The van der Waals surface area contributed by atoms with Crippen LogP contribution in [0.5, 0.6) is 0 Å². The first kappa shape index (κ1) is 16.2. The van der Waals surface area contributed by atoms with Crippen LogP contribution in [0.1, 0.15) is 39.5 Å². The minimum absolute atomic E-state index is 0.133. The highest BCUT2D eigenvalue weighted by Crippen LogP contribution is 2.81. The molecule has 0 radical (unpaired) electrons. The van der Waals surface area contributed by atoms with E-state index in [0.717, 1.165) is 12.8 Å². The van der Waals surface area contributed by atoms with E-state index in [-0.39, 0.29) is 23.0 Å². The molecule has 0 aromatic carbocycles. The van der Waals surface area contributed by atoms with Gasteiger partial charge >= 0.3 is 0 Å². The van der Waals surface area contributed by atoms with E-state index in [4.69, 9.17) is 9.47 Å². The Kier molecular flexibility index (Phi) is 2.57. The maximum absolute atomic E-state index is 13.4. The summed E-state index contributed by atoms with van der Waals surface area (Å²) in [7, 11) is 0. The molecular formula is C20H26O6. The molecule has 3 N–H and O–H groups in total. The average Bonchev–Trinajstić information content (AvgIpc) is 2.71. The number of aliphatic hydroxyl groups is 3. The molecule has 6 heteroatoms. The molecule has 0 amide bonds. The van der Waals surface area contributed by atoms with Gasteiger partial charge in [0.05, 0.1) is 17.6 Å². The van der Waals surface area contributed by atoms with E-state index in [9.17, 15) is 20.1 Å². The van der Waals surface area contributed by atoms with Crippen LogP contribution in [-0.4, -0.2) is 51.5 Å². The standard InChI is InChI=1S/C20H26O6/c1-8-9-4-5-10-18-11(21)6-7-17(2,3)12(18)14(23)20(24)19(10,13(8)22)15(9)25-16(18)26-20/h9-12,14-16,21,23-24H,1,4-7H2,2-3H3/t9-,10-,11?,12+,14-,15?,16?,18?,19-,20-/m0/s1. The summed E-state index contributed by atoms with van der Waals surface area (Å²) in [5, 5.41) is 34.3. The topological polar surface area (TPSA) is 96.2 Å². The molecule has 0 aromatic heterocycles. The van der Waals surface area contributed by atoms with Gasteiger partial charge in [-0.3, -0.25) is 4.79 Å². The Morgan fingerprint density at radius 2 is 1.92 bits per heavy atom. The Morgan fingerprint density at radius 1 is 1.19 bits per heavy atom. The number of hydrogen-bond acceptors (Lipinski definition) is 6. The van der Waals surface area contributed by atoms with Gasteiger partial charge in [-0.1, -0.05) is 20.4 Å². The summed E-state index contributed by atoms with van der Waals surface area (Å²) < 4.78 is 12.3. The number of hydrogen-bond donors (Lipinski definition) is 3. The second-order valence-corrected chi connectivity index (χ2v) is 10.1. The van der Waals surface area contributed by atoms with Crippen molar-refractivity contribution in [1.82, 2.24) is 0 Å². The summed E-state index contributed by atoms with van der Waals surface area (Å²) in [6.45, 7) is 8.14. The van der Waals surface area contributed by atoms with Gasteiger partial charge < -0.3 is 24.8 Å². The fraction of sp³-hybridized carbons (Fsp3) is 0.850. The van der Waals surface area contributed by atoms with Crippen molar-refractivity contribution in [3.05, 3.63) is 12.2 Å². The summed E-state index contributed by atoms with van der Waals surface area (Å²) in [6.07, 6.45) is -0.473. The highest BCUT2D eigenvalue weighted by molar-refractivity contribution is 6.05. The van der Waals surface area contributed by atoms with Crippen molar-refractivity contribution in [3.63, 3.8) is 0 Å². The zero-order chi connectivity index (χ0) is 18.4. The summed E-state index contributed by atoms with van der Waals surface area (Å²) in [6, 6.07) is 0. The third-order valence-electron chi connectivity index (χ3n) is 9.14. The van der Waals surface area contributed by atoms with Crippen LogP contribution in [-0.2, 0) is 14.3 Å². The van der Waals surface area contributed by atoms with Crippen LogP contribution >= 0.6 is 0 Å². The molecule has 8 aliphatic rings. The second-order valence-electron chi connectivity index (χ2n) is 10.1. The number of carbonyl (C=O) groups is 1. The third-order valence-corrected chi connectivity index (χ3v) is 9.14. The second kappa shape index (κ2) is 4.13. The monoisotopic (exact) mass is 362 g/mol. The van der Waals surface area contributed by atoms with Crippen LogP contribution in [0, 0.1) is 34.0 Å². The van der Waals surface area contributed by atoms with E-state index < -0.39 is 47.1 Å². The number of rotatable bonds is 0. The Labute approximate surface area is 152 Å². The lowest BCUT2D eigenvalue weighted by Crippen LogP contribution is -2.91. The number of carbonyl (C=O) groups excluding carboxylic acids is 1. The van der Waals surface area contributed by atoms with Gasteiger partial charge in [0.1, 0.15) is 11.5 Å². The summed E-state index contributed by atoms with van der Waals surface area (Å²) in [4.78, 5) is 13.4. The number of ether oxygens (including phenoxy) is 2. The lowest BCUT2D eigenvalue weighted by molar-refractivity contribution is -0.556. The third kappa shape index (κ3) is 1.19. The van der Waals surface area contributed by atoms with Crippen LogP contribution in [0.15, 0.2) is 12.2 Å². The molecule has 8 fully saturated rings. The Morgan fingerprint density at radius 3 is 2.65 bits per heavy atom. The van der Waals surface area contributed by atoms with Crippen LogP contribution < -0.4 is 0 Å². The molecule has 2 spiro atoms. The Balaban J connectivity index is 1.70. The smallest absolute Gasteiger partial charge is 0.211 e. The van der Waals surface area contributed by atoms with Gasteiger partial charge in [-0.25, -0.2) is 0 Å². The van der Waals surface area contributed by atoms with Gasteiger partial charge in [0, 0.05) is 11.8 Å². The summed E-state index contributed by atoms with van der Waals surface area (Å²) in [5.74, 6) is -2.99. The number of aliphatic hydroxyl groups excluding tert-OH is 2. The van der Waals surface area contributed by atoms with Gasteiger partial charge in [0.2, 0.25) is 5.79 Å². The van der Waals surface area contributed by atoms with E-state index in [2.05, 4.69) is 20.4 Å². The molecular weight excluding hydrogens is 336 g/mol. The van der Waals surface area contributed by atoms with Crippen molar-refractivity contribution in [3.8, 4) is 0 Å². The summed E-state index contributed by atoms with van der Waals surface area (Å²) in [5.41, 5.74) is -2.03. The van der Waals surface area contributed by atoms with E-state index in [1.165, 1.54) is 0 Å². The number of ketones is 1. The average molecular weight is 362 g/mol. The van der Waals surface area contributed by atoms with Gasteiger partial charge in [0.25, 0.3) is 0 Å². The van der Waals surface area contributed by atoms with Gasteiger partial charge in [0.15, 0.2) is 12.1 Å². The summed E-state index contributed by atoms with van der Waals surface area (Å²) >= 11 is 0. The maximum atomic E-state index is 13.4. The van der Waals surface area contributed by atoms with Crippen LogP contribution in [0.4, 0.5) is 0 Å². The molecule has 4 heterocycles. The largest absolute Gasteiger partial charge is 0.392 e. The molecule has 0 aromatic rings. The molecule has 4 aliphatic heterocycles. The Bertz CT molecular complexity index is 761. The first-order chi connectivity index (χ1) is 12.1. The van der Waals surface area contributed by atoms with E-state index in [1.54, 1.807) is 0 Å². The predicted octanol–water partition coefficient (Wildman–Crippen LogP) is 0.740. The van der Waals surface area contributed by atoms with Crippen molar-refractivity contribution in [2.24, 2.45) is 34.0 Å². The van der Waals surface area contributed by atoms with E-state index in [1.807, 2.05) is 0 Å². The lowest BCUT2D eigenvalue weighted by atomic mass is 9.34. The highest BCUT2D eigenvalue weighted by atomic mass is 16.8. The van der Waals surface area contributed by atoms with Crippen LogP contribution in [0.3, 0.4) is 0 Å². The molecule has 4 saturated carbocycles. The van der Waals surface area contributed by atoms with Gasteiger partial charge in [-0.05, 0) is 42.6 Å². The van der Waals surface area contributed by atoms with Crippen LogP contribution in [0.2, 0.25) is 0 Å². The molecule has 6 nitrogen and oxygen atoms in total. The predicted molar refractivity (Wildman–Crippen MR) is 88.4 cm³/mol. The fourth-order valence-electron chi connectivity index (χ4n) is 8.38. The van der Waals surface area contributed by atoms with E-state index >= 15 is 0 Å².